The second-order valence-corrected chi connectivity index (χ2v) is 6.28. The van der Waals surface area contributed by atoms with Gasteiger partial charge < -0.3 is 10.2 Å². The first-order chi connectivity index (χ1) is 12.2. The zero-order valence-electron chi connectivity index (χ0n) is 14.2. The van der Waals surface area contributed by atoms with E-state index >= 15 is 0 Å². The molecule has 25 heavy (non-hydrogen) atoms. The van der Waals surface area contributed by atoms with Crippen molar-refractivity contribution >= 4 is 11.8 Å². The van der Waals surface area contributed by atoms with E-state index in [2.05, 4.69) is 5.32 Å². The molecule has 1 fully saturated rings. The smallest absolute Gasteiger partial charge is 0.237 e. The van der Waals surface area contributed by atoms with Crippen LogP contribution in [-0.4, -0.2) is 47.8 Å². The van der Waals surface area contributed by atoms with E-state index in [1.165, 1.54) is 0 Å². The number of nitrogens with one attached hydrogen (secondary N) is 1. The molecule has 1 N–H and O–H groups in total. The molecule has 2 aromatic carbocycles. The molecule has 0 aliphatic carbocycles. The van der Waals surface area contributed by atoms with Crippen LogP contribution in [0.5, 0.6) is 0 Å². The van der Waals surface area contributed by atoms with E-state index in [-0.39, 0.29) is 24.9 Å². The fourth-order valence-corrected chi connectivity index (χ4v) is 2.96. The molecule has 0 aromatic heterocycles. The number of carbonyl (C=O) groups is 2. The first-order valence-electron chi connectivity index (χ1n) is 8.55. The zero-order valence-corrected chi connectivity index (χ0v) is 14.2. The molecule has 3 rings (SSSR count). The molecule has 0 spiro atoms. The summed E-state index contributed by atoms with van der Waals surface area (Å²) < 4.78 is 0. The zero-order chi connectivity index (χ0) is 17.5. The molecule has 130 valence electrons. The largest absolute Gasteiger partial charge is 0.354 e. The number of nitrogens with zero attached hydrogens (tertiary/aromatic N) is 2. The second-order valence-electron chi connectivity index (χ2n) is 6.28. The fourth-order valence-electron chi connectivity index (χ4n) is 2.96. The van der Waals surface area contributed by atoms with Gasteiger partial charge in [0.1, 0.15) is 0 Å². The Bertz CT molecular complexity index is 662. The molecule has 0 radical (unpaired) electrons. The maximum absolute atomic E-state index is 12.9. The standard InChI is InChI=1S/C20H23N3O2/c24-19-15-22(12-11-21-19)16-20(25)23(13-17-7-3-1-4-8-17)14-18-9-5-2-6-10-18/h1-10H,11-16H2,(H,21,24). The van der Waals surface area contributed by atoms with Gasteiger partial charge >= 0.3 is 0 Å². The number of hydrogen-bond acceptors (Lipinski definition) is 3. The van der Waals surface area contributed by atoms with Crippen LogP contribution in [0.2, 0.25) is 0 Å². The van der Waals surface area contributed by atoms with E-state index in [9.17, 15) is 9.59 Å². The average molecular weight is 337 g/mol. The van der Waals surface area contributed by atoms with Crippen molar-refractivity contribution in [1.29, 1.82) is 0 Å². The van der Waals surface area contributed by atoms with E-state index in [1.54, 1.807) is 0 Å². The van der Waals surface area contributed by atoms with Gasteiger partial charge in [0.15, 0.2) is 0 Å². The number of rotatable bonds is 6. The summed E-state index contributed by atoms with van der Waals surface area (Å²) in [6, 6.07) is 20.0. The van der Waals surface area contributed by atoms with Crippen LogP contribution in [-0.2, 0) is 22.7 Å². The molecular formula is C20H23N3O2. The Balaban J connectivity index is 1.70. The van der Waals surface area contributed by atoms with Crippen LogP contribution in [0.1, 0.15) is 11.1 Å². The molecule has 5 nitrogen and oxygen atoms in total. The molecule has 5 heteroatoms. The lowest BCUT2D eigenvalue weighted by Crippen LogP contribution is -2.51. The molecule has 1 heterocycles. The van der Waals surface area contributed by atoms with Gasteiger partial charge in [-0.15, -0.1) is 0 Å². The molecule has 0 saturated carbocycles. The maximum Gasteiger partial charge on any atom is 0.237 e. The van der Waals surface area contributed by atoms with Gasteiger partial charge in [-0.1, -0.05) is 60.7 Å². The van der Waals surface area contributed by atoms with E-state index in [1.807, 2.05) is 70.5 Å². The first kappa shape index (κ1) is 17.2. The van der Waals surface area contributed by atoms with Gasteiger partial charge in [0.2, 0.25) is 11.8 Å². The third-order valence-corrected chi connectivity index (χ3v) is 4.26. The highest BCUT2D eigenvalue weighted by atomic mass is 16.2. The van der Waals surface area contributed by atoms with Gasteiger partial charge in [-0.05, 0) is 11.1 Å². The summed E-state index contributed by atoms with van der Waals surface area (Å²) in [5, 5.41) is 2.79. The van der Waals surface area contributed by atoms with Crippen molar-refractivity contribution in [3.8, 4) is 0 Å². The van der Waals surface area contributed by atoms with Crippen LogP contribution < -0.4 is 5.32 Å². The van der Waals surface area contributed by atoms with Gasteiger partial charge in [-0.3, -0.25) is 14.5 Å². The van der Waals surface area contributed by atoms with Gasteiger partial charge in [-0.25, -0.2) is 0 Å². The van der Waals surface area contributed by atoms with Gasteiger partial charge in [-0.2, -0.15) is 0 Å². The summed E-state index contributed by atoms with van der Waals surface area (Å²) in [4.78, 5) is 28.2. The fraction of sp³-hybridized carbons (Fsp3) is 0.300. The van der Waals surface area contributed by atoms with E-state index in [4.69, 9.17) is 0 Å². The summed E-state index contributed by atoms with van der Waals surface area (Å²) in [5.74, 6) is 0.0270. The third kappa shape index (κ3) is 5.16. The molecule has 1 aliphatic rings. The minimum absolute atomic E-state index is 0.0169. The minimum Gasteiger partial charge on any atom is -0.354 e. The van der Waals surface area contributed by atoms with E-state index < -0.39 is 0 Å². The van der Waals surface area contributed by atoms with Crippen molar-refractivity contribution in [2.75, 3.05) is 26.2 Å². The van der Waals surface area contributed by atoms with Gasteiger partial charge in [0.25, 0.3) is 0 Å². The van der Waals surface area contributed by atoms with Gasteiger partial charge in [0, 0.05) is 26.2 Å². The molecule has 0 unspecified atom stereocenters. The lowest BCUT2D eigenvalue weighted by atomic mass is 10.1. The topological polar surface area (TPSA) is 52.7 Å². The SMILES string of the molecule is O=C1CN(CC(=O)N(Cc2ccccc2)Cc2ccccc2)CCN1. The number of amides is 2. The molecule has 1 aliphatic heterocycles. The average Bonchev–Trinajstić information content (AvgIpc) is 2.63. The Morgan fingerprint density at radius 2 is 1.52 bits per heavy atom. The highest BCUT2D eigenvalue weighted by molar-refractivity contribution is 5.81. The Labute approximate surface area is 148 Å². The predicted molar refractivity (Wildman–Crippen MR) is 96.6 cm³/mol. The van der Waals surface area contributed by atoms with Crippen LogP contribution in [0.15, 0.2) is 60.7 Å². The number of benzene rings is 2. The highest BCUT2D eigenvalue weighted by Crippen LogP contribution is 2.11. The summed E-state index contributed by atoms with van der Waals surface area (Å²) in [7, 11) is 0. The maximum atomic E-state index is 12.9. The molecule has 2 amide bonds. The summed E-state index contributed by atoms with van der Waals surface area (Å²) in [6.07, 6.45) is 0. The van der Waals surface area contributed by atoms with Crippen LogP contribution in [0.3, 0.4) is 0 Å². The van der Waals surface area contributed by atoms with Crippen LogP contribution >= 0.6 is 0 Å². The first-order valence-corrected chi connectivity index (χ1v) is 8.55. The quantitative estimate of drug-likeness (QED) is 0.872. The molecular weight excluding hydrogens is 314 g/mol. The number of hydrogen-bond donors (Lipinski definition) is 1. The van der Waals surface area contributed by atoms with Crippen molar-refractivity contribution in [3.05, 3.63) is 71.8 Å². The third-order valence-electron chi connectivity index (χ3n) is 4.26. The molecule has 0 bridgehead atoms. The van der Waals surface area contributed by atoms with Crippen LogP contribution in [0.4, 0.5) is 0 Å². The number of piperazine rings is 1. The van der Waals surface area contributed by atoms with Crippen LogP contribution in [0, 0.1) is 0 Å². The van der Waals surface area contributed by atoms with Crippen LogP contribution in [0.25, 0.3) is 0 Å². The van der Waals surface area contributed by atoms with Crippen molar-refractivity contribution in [1.82, 2.24) is 15.1 Å². The lowest BCUT2D eigenvalue weighted by molar-refractivity contribution is -0.135. The second kappa shape index (κ2) is 8.44. The summed E-state index contributed by atoms with van der Waals surface area (Å²) >= 11 is 0. The van der Waals surface area contributed by atoms with Crippen molar-refractivity contribution in [2.45, 2.75) is 13.1 Å². The molecule has 0 atom stereocenters. The summed E-state index contributed by atoms with van der Waals surface area (Å²) in [5.41, 5.74) is 2.20. The Morgan fingerprint density at radius 1 is 0.960 bits per heavy atom. The van der Waals surface area contributed by atoms with Crippen molar-refractivity contribution in [3.63, 3.8) is 0 Å². The minimum atomic E-state index is -0.0169. The van der Waals surface area contributed by atoms with E-state index in [0.717, 1.165) is 11.1 Å². The Kier molecular flexibility index (Phi) is 5.80. The Morgan fingerprint density at radius 3 is 2.04 bits per heavy atom. The molecule has 2 aromatic rings. The van der Waals surface area contributed by atoms with Crippen molar-refractivity contribution in [2.24, 2.45) is 0 Å². The van der Waals surface area contributed by atoms with Gasteiger partial charge in [0.05, 0.1) is 13.1 Å². The monoisotopic (exact) mass is 337 g/mol. The van der Waals surface area contributed by atoms with E-state index in [0.29, 0.717) is 26.2 Å². The Hall–Kier alpha value is -2.66. The van der Waals surface area contributed by atoms with Crippen molar-refractivity contribution < 1.29 is 9.59 Å². The highest BCUT2D eigenvalue weighted by Gasteiger charge is 2.22. The predicted octanol–water partition coefficient (Wildman–Crippen LogP) is 1.65. The summed E-state index contributed by atoms with van der Waals surface area (Å²) in [6.45, 7) is 3.00. The molecule has 1 saturated heterocycles. The normalized spacial score (nSPS) is 14.8. The number of carbonyl (C=O) groups excluding carboxylic acids is 2. The lowest BCUT2D eigenvalue weighted by Gasteiger charge is -2.29.